The van der Waals surface area contributed by atoms with E-state index in [4.69, 9.17) is 18.9 Å². The van der Waals surface area contributed by atoms with E-state index in [1.807, 2.05) is 68.4 Å². The number of esters is 2. The topological polar surface area (TPSA) is 74.3 Å². The Balaban J connectivity index is 0.923. The van der Waals surface area contributed by atoms with Crippen LogP contribution in [0.2, 0.25) is 0 Å². The minimum atomic E-state index is -0.940. The zero-order chi connectivity index (χ0) is 43.8. The summed E-state index contributed by atoms with van der Waals surface area (Å²) in [6, 6.07) is 40.7. The molecule has 1 aliphatic carbocycles. The van der Waals surface area contributed by atoms with E-state index >= 15 is 0 Å². The molecule has 3 aliphatic heterocycles. The van der Waals surface area contributed by atoms with E-state index in [1.54, 1.807) is 12.1 Å². The molecule has 4 aliphatic rings. The molecule has 1 saturated heterocycles. The number of hydrogen-bond donors (Lipinski definition) is 0. The zero-order valence-electron chi connectivity index (χ0n) is 37.2. The molecule has 64 heavy (non-hydrogen) atoms. The number of nitrogens with zero attached hydrogens (tertiary/aromatic N) is 1. The smallest absolute Gasteiger partial charge is 0.343 e. The van der Waals surface area contributed by atoms with Crippen molar-refractivity contribution < 1.29 is 28.5 Å². The number of hydrogen-bond acceptors (Lipinski definition) is 7. The number of benzene rings is 6. The Morgan fingerprint density at radius 2 is 1.45 bits per heavy atom. The first-order valence-corrected chi connectivity index (χ1v) is 23.4. The van der Waals surface area contributed by atoms with Crippen LogP contribution < -0.4 is 14.4 Å². The fraction of sp³-hybridized carbons (Fsp3) is 0.333. The summed E-state index contributed by atoms with van der Waals surface area (Å²) in [5.41, 5.74) is 7.14. The normalized spacial score (nSPS) is 21.2. The predicted molar refractivity (Wildman–Crippen MR) is 254 cm³/mol. The van der Waals surface area contributed by atoms with E-state index in [0.717, 1.165) is 82.1 Å². The first kappa shape index (κ1) is 41.8. The molecule has 0 N–H and O–H groups in total. The van der Waals surface area contributed by atoms with Crippen molar-refractivity contribution in [2.75, 3.05) is 31.2 Å². The average Bonchev–Trinajstić information content (AvgIpc) is 3.59. The van der Waals surface area contributed by atoms with Gasteiger partial charge in [-0.1, -0.05) is 111 Å². The Labute approximate surface area is 377 Å². The molecule has 0 bridgehead atoms. The minimum absolute atomic E-state index is 0.353. The summed E-state index contributed by atoms with van der Waals surface area (Å²) < 4.78 is 24.9. The third-order valence-electron chi connectivity index (χ3n) is 14.2. The van der Waals surface area contributed by atoms with E-state index in [0.29, 0.717) is 28.5 Å². The third-order valence-corrected chi connectivity index (χ3v) is 14.2. The fourth-order valence-electron chi connectivity index (χ4n) is 10.6. The lowest BCUT2D eigenvalue weighted by Crippen LogP contribution is -2.37. The van der Waals surface area contributed by atoms with E-state index in [1.165, 1.54) is 56.9 Å². The number of morpholine rings is 1. The number of ether oxygens (including phenoxy) is 4. The maximum absolute atomic E-state index is 13.8. The van der Waals surface area contributed by atoms with Crippen LogP contribution in [0.15, 0.2) is 127 Å². The Morgan fingerprint density at radius 3 is 2.17 bits per heavy atom. The van der Waals surface area contributed by atoms with Gasteiger partial charge < -0.3 is 23.8 Å². The van der Waals surface area contributed by atoms with Crippen molar-refractivity contribution in [2.45, 2.75) is 89.3 Å². The van der Waals surface area contributed by atoms with Crippen molar-refractivity contribution in [1.82, 2.24) is 0 Å². The van der Waals surface area contributed by atoms with Gasteiger partial charge in [-0.25, -0.2) is 9.59 Å². The molecule has 1 saturated carbocycles. The van der Waals surface area contributed by atoms with Crippen LogP contribution in [0.5, 0.6) is 11.5 Å². The van der Waals surface area contributed by atoms with Gasteiger partial charge in [-0.15, -0.1) is 0 Å². The van der Waals surface area contributed by atoms with Gasteiger partial charge in [-0.2, -0.15) is 0 Å². The number of carbonyl (C=O) groups is 2. The monoisotopic (exact) mass is 851 g/mol. The lowest BCUT2D eigenvalue weighted by molar-refractivity contribution is 0.00939. The second-order valence-electron chi connectivity index (χ2n) is 18.6. The molecule has 326 valence electrons. The summed E-state index contributed by atoms with van der Waals surface area (Å²) in [5, 5.41) is 1.58. The largest absolute Gasteiger partial charge is 0.472 e. The SMILES string of the molecule is CCCCCC1CCC(c2ccc(OC(=O)c3ccc(-c4ccc5c6c(c7c(c5c4)C(=O)OC7(C)C)C=CC(c4ccccc4)(c4ccc(N5CCOCC5)cc4)O6)cc3)cc2)CC1. The number of carbonyl (C=O) groups excluding carboxylic acids is 2. The Kier molecular flexibility index (Phi) is 11.4. The molecule has 0 amide bonds. The molecule has 7 heteroatoms. The van der Waals surface area contributed by atoms with Gasteiger partial charge in [0, 0.05) is 51.8 Å². The Morgan fingerprint density at radius 1 is 0.750 bits per heavy atom. The molecule has 0 aromatic heterocycles. The fourth-order valence-corrected chi connectivity index (χ4v) is 10.6. The Hall–Kier alpha value is -6.18. The molecule has 1 atom stereocenters. The molecule has 0 radical (unpaired) electrons. The highest BCUT2D eigenvalue weighted by molar-refractivity contribution is 6.13. The first-order valence-electron chi connectivity index (χ1n) is 23.4. The number of cyclic esters (lactones) is 1. The van der Waals surface area contributed by atoms with E-state index in [-0.39, 0.29) is 5.97 Å². The zero-order valence-corrected chi connectivity index (χ0v) is 37.2. The van der Waals surface area contributed by atoms with Crippen LogP contribution in [0.4, 0.5) is 5.69 Å². The van der Waals surface area contributed by atoms with E-state index in [2.05, 4.69) is 78.6 Å². The predicted octanol–water partition coefficient (Wildman–Crippen LogP) is 13.2. The van der Waals surface area contributed by atoms with E-state index in [9.17, 15) is 9.59 Å². The van der Waals surface area contributed by atoms with Crippen molar-refractivity contribution in [3.63, 3.8) is 0 Å². The van der Waals surface area contributed by atoms with Gasteiger partial charge in [-0.3, -0.25) is 0 Å². The van der Waals surface area contributed by atoms with Crippen LogP contribution >= 0.6 is 0 Å². The minimum Gasteiger partial charge on any atom is -0.472 e. The van der Waals surface area contributed by atoms with Crippen molar-refractivity contribution in [3.8, 4) is 22.6 Å². The van der Waals surface area contributed by atoms with Crippen LogP contribution in [0, 0.1) is 5.92 Å². The van der Waals surface area contributed by atoms with Crippen molar-refractivity contribution in [3.05, 3.63) is 166 Å². The molecule has 6 aromatic carbocycles. The number of fused-ring (bicyclic) bond motifs is 6. The summed E-state index contributed by atoms with van der Waals surface area (Å²) in [5.74, 6) is 1.94. The summed E-state index contributed by atoms with van der Waals surface area (Å²) in [4.78, 5) is 29.6. The van der Waals surface area contributed by atoms with Gasteiger partial charge in [-0.05, 0) is 123 Å². The van der Waals surface area contributed by atoms with Crippen LogP contribution in [-0.4, -0.2) is 38.2 Å². The Bertz CT molecular complexity index is 2690. The molecule has 10 rings (SSSR count). The molecule has 2 fully saturated rings. The van der Waals surface area contributed by atoms with E-state index < -0.39 is 17.2 Å². The summed E-state index contributed by atoms with van der Waals surface area (Å²) in [7, 11) is 0. The van der Waals surface area contributed by atoms with Gasteiger partial charge in [0.1, 0.15) is 17.1 Å². The van der Waals surface area contributed by atoms with Crippen LogP contribution in [-0.2, 0) is 20.7 Å². The average molecular weight is 852 g/mol. The lowest BCUT2D eigenvalue weighted by Gasteiger charge is -2.38. The standard InChI is InChI=1S/C57H57NO6/c1-4-5-7-10-38-13-15-39(16-14-38)40-21-28-47(29-22-40)62-54(59)42-19-17-41(18-20-42)43-23-30-48-50(37-43)51-52(56(2,3)64-55(51)60)49-31-32-57(63-53(48)49,44-11-8-6-9-12-44)45-24-26-46(27-25-45)58-33-35-61-36-34-58/h6,8-9,11-12,17-32,37-39H,4-5,7,10,13-16,33-36H2,1-3H3. The maximum Gasteiger partial charge on any atom is 0.343 e. The van der Waals surface area contributed by atoms with Gasteiger partial charge in [0.15, 0.2) is 5.60 Å². The molecular weight excluding hydrogens is 795 g/mol. The van der Waals surface area contributed by atoms with Crippen LogP contribution in [0.3, 0.4) is 0 Å². The highest BCUT2D eigenvalue weighted by Gasteiger charge is 2.46. The number of rotatable bonds is 11. The van der Waals surface area contributed by atoms with Gasteiger partial charge in [0.2, 0.25) is 0 Å². The molecule has 3 heterocycles. The highest BCUT2D eigenvalue weighted by Crippen LogP contribution is 2.53. The van der Waals surface area contributed by atoms with Crippen molar-refractivity contribution in [1.29, 1.82) is 0 Å². The quantitative estimate of drug-likeness (QED) is 0.0730. The highest BCUT2D eigenvalue weighted by atomic mass is 16.6. The second kappa shape index (κ2) is 17.4. The van der Waals surface area contributed by atoms with Gasteiger partial charge >= 0.3 is 11.9 Å². The molecule has 0 spiro atoms. The summed E-state index contributed by atoms with van der Waals surface area (Å²) >= 11 is 0. The molecular formula is C57H57NO6. The third kappa shape index (κ3) is 7.89. The molecule has 7 nitrogen and oxygen atoms in total. The molecule has 6 aromatic rings. The second-order valence-corrected chi connectivity index (χ2v) is 18.6. The van der Waals surface area contributed by atoms with Crippen LogP contribution in [0.1, 0.15) is 127 Å². The first-order chi connectivity index (χ1) is 31.2. The lowest BCUT2D eigenvalue weighted by atomic mass is 9.77. The summed E-state index contributed by atoms with van der Waals surface area (Å²) in [6.07, 6.45) is 14.7. The summed E-state index contributed by atoms with van der Waals surface area (Å²) in [6.45, 7) is 9.30. The van der Waals surface area contributed by atoms with Gasteiger partial charge in [0.25, 0.3) is 0 Å². The van der Waals surface area contributed by atoms with Crippen LogP contribution in [0.25, 0.3) is 28.0 Å². The van der Waals surface area contributed by atoms with Crippen molar-refractivity contribution in [2.24, 2.45) is 5.92 Å². The number of anilines is 1. The van der Waals surface area contributed by atoms with Gasteiger partial charge in [0.05, 0.1) is 24.3 Å². The molecule has 1 unspecified atom stereocenters. The number of unbranched alkanes of at least 4 members (excludes halogenated alkanes) is 2. The van der Waals surface area contributed by atoms with Crippen molar-refractivity contribution >= 4 is 34.5 Å². The maximum atomic E-state index is 13.8.